The van der Waals surface area contributed by atoms with Crippen molar-refractivity contribution in [1.82, 2.24) is 9.13 Å². The molecule has 0 saturated heterocycles. The Hall–Kier alpha value is -11.8. The normalized spacial score (nSPS) is 12.8. The van der Waals surface area contributed by atoms with Crippen molar-refractivity contribution in [2.24, 2.45) is 0 Å². The van der Waals surface area contributed by atoms with Gasteiger partial charge in [0.15, 0.2) is 0 Å². The Morgan fingerprint density at radius 3 is 0.868 bits per heavy atom. The zero-order valence-corrected chi connectivity index (χ0v) is 49.9. The molecule has 2 heteroatoms. The third-order valence-electron chi connectivity index (χ3n) is 19.4. The molecule has 2 nitrogen and oxygen atoms in total. The van der Waals surface area contributed by atoms with Crippen molar-refractivity contribution >= 4 is 67.9 Å². The summed E-state index contributed by atoms with van der Waals surface area (Å²) >= 11 is 0. The molecule has 0 N–H and O–H groups in total. The Morgan fingerprint density at radius 1 is 0.198 bits per heavy atom. The minimum Gasteiger partial charge on any atom is -0.309 e. The molecule has 0 aliphatic heterocycles. The third-order valence-corrected chi connectivity index (χ3v) is 19.4. The second kappa shape index (κ2) is 21.2. The Balaban J connectivity index is 0.606. The summed E-state index contributed by atoms with van der Waals surface area (Å²) in [7, 11) is 0. The van der Waals surface area contributed by atoms with Crippen LogP contribution in [0.1, 0.15) is 44.5 Å². The van der Waals surface area contributed by atoms with E-state index >= 15 is 0 Å². The third kappa shape index (κ3) is 8.56. The lowest BCUT2D eigenvalue weighted by atomic mass is 9.70. The smallest absolute Gasteiger partial charge is 0.0725 e. The van der Waals surface area contributed by atoms with Crippen LogP contribution in [0.5, 0.6) is 0 Å². The van der Waals surface area contributed by atoms with Crippen LogP contribution in [0.25, 0.3) is 146 Å². The first-order chi connectivity index (χ1) is 45.1. The number of hydrogen-bond acceptors (Lipinski definition) is 0. The fourth-order valence-corrected chi connectivity index (χ4v) is 15.0. The lowest BCUT2D eigenvalue weighted by Gasteiger charge is -2.31. The molecule has 0 amide bonds. The fraction of sp³-hybridized carbons (Fsp3) is 0.0112. The van der Waals surface area contributed by atoms with E-state index in [4.69, 9.17) is 0 Å². The molecule has 0 bridgehead atoms. The van der Waals surface area contributed by atoms with Gasteiger partial charge in [-0.15, -0.1) is 0 Å². The fourth-order valence-electron chi connectivity index (χ4n) is 15.0. The van der Waals surface area contributed by atoms with E-state index in [-0.39, 0.29) is 0 Å². The first-order valence-corrected chi connectivity index (χ1v) is 31.5. The molecule has 2 aliphatic rings. The standard InChI is InChI=1S/C89H58N2/c1-3-15-71(16-4-1)90-85-25-13-9-21-77(85)79-55-67(49-53-87(79)90)63-39-31-59(32-40-63)27-29-61-35-43-65(44-36-61)69-47-51-75-76-52-48-70(58-84(76)89(83(75)57-69)81-23-11-7-19-73(81)74-20-8-12-24-82(74)89)66-45-37-62(38-46-66)30-28-60-33-41-64(42-34-60)68-50-54-88-80(56-68)78-22-10-14-26-86(78)91(88)72-17-5-2-6-18-72/h1-58H/b29-27+,30-28+. The Morgan fingerprint density at radius 2 is 0.484 bits per heavy atom. The van der Waals surface area contributed by atoms with Gasteiger partial charge in [0.2, 0.25) is 0 Å². The monoisotopic (exact) mass is 1150 g/mol. The molecule has 14 aromatic carbocycles. The summed E-state index contributed by atoms with van der Waals surface area (Å²) in [5.41, 5.74) is 31.6. The van der Waals surface area contributed by atoms with Crippen molar-refractivity contribution < 1.29 is 0 Å². The minimum absolute atomic E-state index is 0.481. The summed E-state index contributed by atoms with van der Waals surface area (Å²) in [5.74, 6) is 0. The van der Waals surface area contributed by atoms with E-state index in [9.17, 15) is 0 Å². The number of fused-ring (bicyclic) bond motifs is 16. The SMILES string of the molecule is C(=C\c1ccc(-c2ccc3c(c2)c2ccccc2n3-c2ccccc2)cc1)/c1ccc(-c2ccc3c(c2)C2(c4ccccc4-c4ccccc42)c2cc(-c4ccc(/C=C/c5ccc(-c6ccc7c(c6)c6ccccc6n7-c6ccccc6)cc5)cc4)ccc2-3)cc1. The largest absolute Gasteiger partial charge is 0.309 e. The van der Waals surface area contributed by atoms with Gasteiger partial charge in [0.25, 0.3) is 0 Å². The van der Waals surface area contributed by atoms with E-state index in [2.05, 4.69) is 361 Å². The molecular weight excluding hydrogens is 1100 g/mol. The topological polar surface area (TPSA) is 9.86 Å². The molecule has 0 unspecified atom stereocenters. The van der Waals surface area contributed by atoms with Gasteiger partial charge in [-0.1, -0.05) is 279 Å². The molecule has 0 fully saturated rings. The number of benzene rings is 14. The molecule has 424 valence electrons. The van der Waals surface area contributed by atoms with Crippen LogP contribution in [0.15, 0.2) is 328 Å². The van der Waals surface area contributed by atoms with Gasteiger partial charge in [-0.05, 0) is 184 Å². The van der Waals surface area contributed by atoms with E-state index in [0.29, 0.717) is 0 Å². The second-order valence-electron chi connectivity index (χ2n) is 24.4. The van der Waals surface area contributed by atoms with Crippen molar-refractivity contribution in [2.75, 3.05) is 0 Å². The van der Waals surface area contributed by atoms with Crippen molar-refractivity contribution in [3.05, 3.63) is 372 Å². The number of hydrogen-bond donors (Lipinski definition) is 0. The van der Waals surface area contributed by atoms with Crippen LogP contribution in [0.2, 0.25) is 0 Å². The summed E-state index contributed by atoms with van der Waals surface area (Å²) in [4.78, 5) is 0. The van der Waals surface area contributed by atoms with Gasteiger partial charge in [-0.2, -0.15) is 0 Å². The highest BCUT2D eigenvalue weighted by atomic mass is 15.0. The number of aromatic nitrogens is 2. The van der Waals surface area contributed by atoms with Gasteiger partial charge in [-0.3, -0.25) is 0 Å². The van der Waals surface area contributed by atoms with Crippen molar-refractivity contribution in [3.63, 3.8) is 0 Å². The predicted molar refractivity (Wildman–Crippen MR) is 384 cm³/mol. The van der Waals surface area contributed by atoms with E-state index in [1.165, 1.54) is 144 Å². The van der Waals surface area contributed by atoms with Gasteiger partial charge in [-0.25, -0.2) is 0 Å². The lowest BCUT2D eigenvalue weighted by molar-refractivity contribution is 0.794. The van der Waals surface area contributed by atoms with Crippen LogP contribution in [0, 0.1) is 0 Å². The van der Waals surface area contributed by atoms with Gasteiger partial charge in [0.1, 0.15) is 0 Å². The van der Waals surface area contributed by atoms with E-state index in [1.807, 2.05) is 0 Å². The van der Waals surface area contributed by atoms with Gasteiger partial charge < -0.3 is 9.13 Å². The highest BCUT2D eigenvalue weighted by Crippen LogP contribution is 2.63. The molecule has 16 aromatic rings. The quantitative estimate of drug-likeness (QED) is 0.121. The Labute approximate surface area is 529 Å². The van der Waals surface area contributed by atoms with E-state index < -0.39 is 5.41 Å². The zero-order chi connectivity index (χ0) is 60.0. The predicted octanol–water partition coefficient (Wildman–Crippen LogP) is 23.2. The van der Waals surface area contributed by atoms with Crippen LogP contribution in [0.4, 0.5) is 0 Å². The summed E-state index contributed by atoms with van der Waals surface area (Å²) in [6.07, 6.45) is 8.88. The molecule has 2 aliphatic carbocycles. The second-order valence-corrected chi connectivity index (χ2v) is 24.4. The zero-order valence-electron chi connectivity index (χ0n) is 49.9. The van der Waals surface area contributed by atoms with Crippen molar-refractivity contribution in [1.29, 1.82) is 0 Å². The van der Waals surface area contributed by atoms with Crippen LogP contribution in [-0.2, 0) is 5.41 Å². The average molecular weight is 1160 g/mol. The van der Waals surface area contributed by atoms with E-state index in [0.717, 1.165) is 22.3 Å². The Bertz CT molecular complexity index is 5230. The van der Waals surface area contributed by atoms with Gasteiger partial charge in [0.05, 0.1) is 27.5 Å². The molecule has 1 spiro atoms. The molecule has 91 heavy (non-hydrogen) atoms. The highest BCUT2D eigenvalue weighted by Gasteiger charge is 2.51. The maximum Gasteiger partial charge on any atom is 0.0725 e. The maximum absolute atomic E-state index is 2.49. The molecule has 0 saturated carbocycles. The summed E-state index contributed by atoms with van der Waals surface area (Å²) < 4.78 is 4.74. The van der Waals surface area contributed by atoms with Crippen LogP contribution < -0.4 is 0 Å². The molecule has 0 radical (unpaired) electrons. The van der Waals surface area contributed by atoms with Crippen LogP contribution in [-0.4, -0.2) is 9.13 Å². The van der Waals surface area contributed by atoms with Gasteiger partial charge in [0, 0.05) is 32.9 Å². The first-order valence-electron chi connectivity index (χ1n) is 31.5. The molecule has 2 aromatic heterocycles. The molecular formula is C89H58N2. The highest BCUT2D eigenvalue weighted by molar-refractivity contribution is 6.12. The summed E-state index contributed by atoms with van der Waals surface area (Å²) in [5, 5.41) is 5.04. The van der Waals surface area contributed by atoms with Crippen LogP contribution in [0.3, 0.4) is 0 Å². The van der Waals surface area contributed by atoms with Gasteiger partial charge >= 0.3 is 0 Å². The average Bonchev–Trinajstić information content (AvgIpc) is 1.52. The Kier molecular flexibility index (Phi) is 12.2. The number of nitrogens with zero attached hydrogens (tertiary/aromatic N) is 2. The number of para-hydroxylation sites is 4. The minimum atomic E-state index is -0.481. The van der Waals surface area contributed by atoms with Crippen molar-refractivity contribution in [3.8, 4) is 78.1 Å². The van der Waals surface area contributed by atoms with Crippen molar-refractivity contribution in [2.45, 2.75) is 5.41 Å². The summed E-state index contributed by atoms with van der Waals surface area (Å²) in [6.45, 7) is 0. The molecule has 18 rings (SSSR count). The maximum atomic E-state index is 2.49. The van der Waals surface area contributed by atoms with E-state index in [1.54, 1.807) is 0 Å². The molecule has 0 atom stereocenters. The first kappa shape index (κ1) is 52.3. The lowest BCUT2D eigenvalue weighted by Crippen LogP contribution is -2.26. The van der Waals surface area contributed by atoms with Crippen LogP contribution >= 0.6 is 0 Å². The number of rotatable bonds is 10. The summed E-state index contributed by atoms with van der Waals surface area (Å²) in [6, 6.07) is 121. The molecule has 2 heterocycles.